The molecule has 0 saturated heterocycles. The largest absolute Gasteiger partial charge is 0.507 e. The normalized spacial score (nSPS) is 11.4. The van der Waals surface area contributed by atoms with Gasteiger partial charge in [-0.25, -0.2) is 0 Å². The number of rotatable bonds is 6. The van der Waals surface area contributed by atoms with Gasteiger partial charge in [-0.05, 0) is 47.9 Å². The summed E-state index contributed by atoms with van der Waals surface area (Å²) in [6.45, 7) is 2.68. The number of nitrogens with zero attached hydrogens (tertiary/aromatic N) is 3. The average molecular weight is 343 g/mol. The first-order valence-corrected chi connectivity index (χ1v) is 8.62. The van der Waals surface area contributed by atoms with Gasteiger partial charge in [0.2, 0.25) is 0 Å². The van der Waals surface area contributed by atoms with Crippen molar-refractivity contribution in [2.24, 2.45) is 15.2 Å². The molecule has 0 aliphatic heterocycles. The van der Waals surface area contributed by atoms with Gasteiger partial charge in [0, 0.05) is 11.8 Å². The van der Waals surface area contributed by atoms with Gasteiger partial charge in [0.05, 0.1) is 17.9 Å². The molecule has 1 N–H and O–H groups in total. The predicted octanol–water partition coefficient (Wildman–Crippen LogP) is 5.99. The molecule has 0 aliphatic carbocycles. The molecule has 4 heteroatoms. The van der Waals surface area contributed by atoms with Crippen molar-refractivity contribution < 1.29 is 5.11 Å². The molecule has 0 aromatic heterocycles. The molecule has 26 heavy (non-hydrogen) atoms. The van der Waals surface area contributed by atoms with Crippen LogP contribution in [0.4, 0.5) is 11.4 Å². The van der Waals surface area contributed by atoms with Crippen molar-refractivity contribution in [2.75, 3.05) is 0 Å². The Labute approximate surface area is 153 Å². The lowest BCUT2D eigenvalue weighted by Gasteiger charge is -2.01. The summed E-state index contributed by atoms with van der Waals surface area (Å²) in [5.41, 5.74) is 4.48. The molecule has 3 rings (SSSR count). The first-order chi connectivity index (χ1) is 12.7. The van der Waals surface area contributed by atoms with Crippen LogP contribution in [0.3, 0.4) is 0 Å². The Hall–Kier alpha value is -3.27. The lowest BCUT2D eigenvalue weighted by Crippen LogP contribution is -1.85. The number of phenols is 1. The molecule has 0 unspecified atom stereocenters. The van der Waals surface area contributed by atoms with Crippen molar-refractivity contribution >= 4 is 17.6 Å². The summed E-state index contributed by atoms with van der Waals surface area (Å²) in [6.07, 6.45) is 2.67. The van der Waals surface area contributed by atoms with Crippen molar-refractivity contribution in [3.05, 3.63) is 89.5 Å². The Morgan fingerprint density at radius 1 is 0.808 bits per heavy atom. The number of azo groups is 1. The highest BCUT2D eigenvalue weighted by Crippen LogP contribution is 2.24. The van der Waals surface area contributed by atoms with E-state index < -0.39 is 0 Å². The molecule has 0 radical (unpaired) electrons. The zero-order chi connectivity index (χ0) is 18.2. The van der Waals surface area contributed by atoms with E-state index in [9.17, 15) is 5.11 Å². The van der Waals surface area contributed by atoms with E-state index in [2.05, 4.69) is 22.1 Å². The van der Waals surface area contributed by atoms with Crippen LogP contribution >= 0.6 is 0 Å². The third kappa shape index (κ3) is 4.86. The smallest absolute Gasteiger partial charge is 0.124 e. The zero-order valence-electron chi connectivity index (χ0n) is 14.7. The van der Waals surface area contributed by atoms with E-state index in [0.717, 1.165) is 17.7 Å². The summed E-state index contributed by atoms with van der Waals surface area (Å²) < 4.78 is 0. The monoisotopic (exact) mass is 343 g/mol. The van der Waals surface area contributed by atoms with Crippen LogP contribution in [-0.2, 0) is 13.0 Å². The number of hydrogen-bond donors (Lipinski definition) is 1. The standard InChI is InChI=1S/C22H21N3O/c1-2-17-8-10-20(11-9-17)24-25-21-12-13-22(26)19(14-21)16-23-15-18-6-4-3-5-7-18/h3-14,16,26H,2,15H2,1H3. The minimum absolute atomic E-state index is 0.174. The Bertz CT molecular complexity index is 900. The summed E-state index contributed by atoms with van der Waals surface area (Å²) in [5.74, 6) is 0.174. The molecule has 3 aromatic carbocycles. The van der Waals surface area contributed by atoms with Crippen LogP contribution in [0.5, 0.6) is 5.75 Å². The maximum atomic E-state index is 10.0. The molecular formula is C22H21N3O. The number of benzene rings is 3. The van der Waals surface area contributed by atoms with Crippen LogP contribution in [0.15, 0.2) is 88.0 Å². The van der Waals surface area contributed by atoms with E-state index in [0.29, 0.717) is 17.8 Å². The molecule has 0 bridgehead atoms. The fourth-order valence-corrected chi connectivity index (χ4v) is 2.45. The molecule has 0 atom stereocenters. The summed E-state index contributed by atoms with van der Waals surface area (Å²) in [6, 6.07) is 23.1. The van der Waals surface area contributed by atoms with Crippen molar-refractivity contribution in [1.82, 2.24) is 0 Å². The molecule has 3 aromatic rings. The van der Waals surface area contributed by atoms with Crippen LogP contribution < -0.4 is 0 Å². The number of aromatic hydroxyl groups is 1. The Kier molecular flexibility index (Phi) is 5.88. The fraction of sp³-hybridized carbons (Fsp3) is 0.136. The van der Waals surface area contributed by atoms with Crippen molar-refractivity contribution in [2.45, 2.75) is 19.9 Å². The topological polar surface area (TPSA) is 57.3 Å². The Morgan fingerprint density at radius 2 is 1.50 bits per heavy atom. The van der Waals surface area contributed by atoms with Crippen LogP contribution in [0.25, 0.3) is 0 Å². The van der Waals surface area contributed by atoms with E-state index in [1.54, 1.807) is 24.4 Å². The minimum Gasteiger partial charge on any atom is -0.507 e. The maximum Gasteiger partial charge on any atom is 0.124 e. The van der Waals surface area contributed by atoms with Gasteiger partial charge in [-0.1, -0.05) is 49.4 Å². The molecule has 0 fully saturated rings. The van der Waals surface area contributed by atoms with Gasteiger partial charge < -0.3 is 5.11 Å². The second-order valence-corrected chi connectivity index (χ2v) is 5.92. The van der Waals surface area contributed by atoms with E-state index >= 15 is 0 Å². The van der Waals surface area contributed by atoms with E-state index in [1.165, 1.54) is 5.56 Å². The van der Waals surface area contributed by atoms with Crippen LogP contribution in [0, 0.1) is 0 Å². The summed E-state index contributed by atoms with van der Waals surface area (Å²) in [4.78, 5) is 4.39. The van der Waals surface area contributed by atoms with Gasteiger partial charge >= 0.3 is 0 Å². The second kappa shape index (κ2) is 8.72. The second-order valence-electron chi connectivity index (χ2n) is 5.92. The summed E-state index contributed by atoms with van der Waals surface area (Å²) in [7, 11) is 0. The van der Waals surface area contributed by atoms with Crippen molar-refractivity contribution in [3.8, 4) is 5.75 Å². The molecule has 0 heterocycles. The van der Waals surface area contributed by atoms with Crippen LogP contribution in [0.1, 0.15) is 23.6 Å². The Morgan fingerprint density at radius 3 is 2.23 bits per heavy atom. The number of aryl methyl sites for hydroxylation is 1. The van der Waals surface area contributed by atoms with Crippen molar-refractivity contribution in [1.29, 1.82) is 0 Å². The van der Waals surface area contributed by atoms with Gasteiger partial charge in [0.25, 0.3) is 0 Å². The van der Waals surface area contributed by atoms with E-state index in [1.807, 2.05) is 54.6 Å². The highest BCUT2D eigenvalue weighted by atomic mass is 16.3. The Balaban J connectivity index is 1.71. The summed E-state index contributed by atoms with van der Waals surface area (Å²) >= 11 is 0. The fourth-order valence-electron chi connectivity index (χ4n) is 2.45. The zero-order valence-corrected chi connectivity index (χ0v) is 14.7. The predicted molar refractivity (Wildman–Crippen MR) is 106 cm³/mol. The average Bonchev–Trinajstić information content (AvgIpc) is 2.69. The van der Waals surface area contributed by atoms with Gasteiger partial charge in [0.1, 0.15) is 5.75 Å². The lowest BCUT2D eigenvalue weighted by molar-refractivity contribution is 0.474. The quantitative estimate of drug-likeness (QED) is 0.434. The number of aliphatic imine (C=N–C) groups is 1. The van der Waals surface area contributed by atoms with Gasteiger partial charge in [0.15, 0.2) is 0 Å². The van der Waals surface area contributed by atoms with Gasteiger partial charge in [-0.15, -0.1) is 0 Å². The van der Waals surface area contributed by atoms with E-state index in [-0.39, 0.29) is 5.75 Å². The molecule has 0 aliphatic rings. The van der Waals surface area contributed by atoms with Gasteiger partial charge in [-0.3, -0.25) is 4.99 Å². The lowest BCUT2D eigenvalue weighted by atomic mass is 10.2. The molecular weight excluding hydrogens is 322 g/mol. The van der Waals surface area contributed by atoms with Gasteiger partial charge in [-0.2, -0.15) is 10.2 Å². The molecule has 0 saturated carbocycles. The SMILES string of the molecule is CCc1ccc(N=Nc2ccc(O)c(C=NCc3ccccc3)c2)cc1. The van der Waals surface area contributed by atoms with Crippen molar-refractivity contribution in [3.63, 3.8) is 0 Å². The highest BCUT2D eigenvalue weighted by molar-refractivity contribution is 5.84. The first kappa shape index (κ1) is 17.5. The molecule has 4 nitrogen and oxygen atoms in total. The van der Waals surface area contributed by atoms with E-state index in [4.69, 9.17) is 0 Å². The molecule has 130 valence electrons. The molecule has 0 spiro atoms. The maximum absolute atomic E-state index is 10.0. The van der Waals surface area contributed by atoms with Crippen LogP contribution in [-0.4, -0.2) is 11.3 Å². The third-order valence-corrected chi connectivity index (χ3v) is 3.98. The minimum atomic E-state index is 0.174. The third-order valence-electron chi connectivity index (χ3n) is 3.98. The highest BCUT2D eigenvalue weighted by Gasteiger charge is 2.00. The number of phenolic OH excluding ortho intramolecular Hbond substituents is 1. The number of hydrogen-bond acceptors (Lipinski definition) is 4. The summed E-state index contributed by atoms with van der Waals surface area (Å²) in [5, 5.41) is 18.5. The molecule has 0 amide bonds. The van der Waals surface area contributed by atoms with Crippen LogP contribution in [0.2, 0.25) is 0 Å². The first-order valence-electron chi connectivity index (χ1n) is 8.62.